The van der Waals surface area contributed by atoms with Gasteiger partial charge >= 0.3 is 0 Å². The van der Waals surface area contributed by atoms with E-state index < -0.39 is 0 Å². The van der Waals surface area contributed by atoms with Crippen molar-refractivity contribution in [3.63, 3.8) is 0 Å². The van der Waals surface area contributed by atoms with E-state index in [-0.39, 0.29) is 0 Å². The summed E-state index contributed by atoms with van der Waals surface area (Å²) in [7, 11) is 0. The van der Waals surface area contributed by atoms with Crippen LogP contribution in [-0.4, -0.2) is 4.98 Å². The fourth-order valence-electron chi connectivity index (χ4n) is 1.10. The van der Waals surface area contributed by atoms with Crippen LogP contribution >= 0.6 is 22.9 Å². The standard InChI is InChI=1S/C10H9ClN2OS/c11-7-4-2-1-3-5-8(7)14-9-6-13-10(12)15-9/h1,3-6H,2H2,(H2,12,13). The van der Waals surface area contributed by atoms with E-state index in [1.807, 2.05) is 24.3 Å². The third kappa shape index (κ3) is 2.61. The topological polar surface area (TPSA) is 48.1 Å². The molecule has 0 atom stereocenters. The van der Waals surface area contributed by atoms with Crippen molar-refractivity contribution in [1.82, 2.24) is 4.98 Å². The Morgan fingerprint density at radius 2 is 2.40 bits per heavy atom. The van der Waals surface area contributed by atoms with Gasteiger partial charge < -0.3 is 10.5 Å². The third-order valence-corrected chi connectivity index (χ3v) is 2.81. The van der Waals surface area contributed by atoms with Crippen LogP contribution in [0.4, 0.5) is 5.13 Å². The molecule has 1 aliphatic carbocycles. The van der Waals surface area contributed by atoms with Gasteiger partial charge in [-0.2, -0.15) is 0 Å². The van der Waals surface area contributed by atoms with Crippen molar-refractivity contribution >= 4 is 28.1 Å². The summed E-state index contributed by atoms with van der Waals surface area (Å²) in [6.07, 6.45) is 10.0. The van der Waals surface area contributed by atoms with E-state index >= 15 is 0 Å². The van der Waals surface area contributed by atoms with Crippen LogP contribution in [0.15, 0.2) is 41.3 Å². The summed E-state index contributed by atoms with van der Waals surface area (Å²) in [5.41, 5.74) is 5.50. The molecule has 5 heteroatoms. The van der Waals surface area contributed by atoms with Crippen LogP contribution in [0.25, 0.3) is 0 Å². The highest BCUT2D eigenvalue weighted by Gasteiger charge is 2.08. The van der Waals surface area contributed by atoms with Gasteiger partial charge in [0.25, 0.3) is 0 Å². The number of hydrogen-bond acceptors (Lipinski definition) is 4. The molecule has 0 aliphatic heterocycles. The van der Waals surface area contributed by atoms with Gasteiger partial charge in [-0.15, -0.1) is 0 Å². The molecule has 1 aromatic rings. The Morgan fingerprint density at radius 1 is 1.53 bits per heavy atom. The van der Waals surface area contributed by atoms with Gasteiger partial charge in [-0.3, -0.25) is 0 Å². The van der Waals surface area contributed by atoms with Crippen LogP contribution < -0.4 is 10.5 Å². The predicted octanol–water partition coefficient (Wildman–Crippen LogP) is 3.07. The molecule has 0 bridgehead atoms. The molecule has 0 radical (unpaired) electrons. The van der Waals surface area contributed by atoms with Crippen molar-refractivity contribution in [2.45, 2.75) is 6.42 Å². The number of thiazole rings is 1. The van der Waals surface area contributed by atoms with E-state index in [9.17, 15) is 0 Å². The summed E-state index contributed by atoms with van der Waals surface area (Å²) >= 11 is 7.31. The molecule has 0 fully saturated rings. The molecule has 2 N–H and O–H groups in total. The Morgan fingerprint density at radius 3 is 3.13 bits per heavy atom. The summed E-state index contributed by atoms with van der Waals surface area (Å²) in [6, 6.07) is 0. The number of nitrogens with two attached hydrogens (primary N) is 1. The highest BCUT2D eigenvalue weighted by atomic mass is 35.5. The van der Waals surface area contributed by atoms with E-state index in [1.165, 1.54) is 11.3 Å². The van der Waals surface area contributed by atoms with E-state index in [1.54, 1.807) is 6.20 Å². The summed E-state index contributed by atoms with van der Waals surface area (Å²) in [5, 5.41) is 1.72. The molecule has 0 saturated heterocycles. The molecule has 0 aromatic carbocycles. The second-order valence-electron chi connectivity index (χ2n) is 2.87. The molecule has 1 aromatic heterocycles. The SMILES string of the molecule is Nc1ncc(OC2=CC=CCC=C2Cl)s1. The minimum atomic E-state index is 0.481. The van der Waals surface area contributed by atoms with Crippen LogP contribution in [0.1, 0.15) is 6.42 Å². The Balaban J connectivity index is 2.17. The molecule has 1 heterocycles. The highest BCUT2D eigenvalue weighted by Crippen LogP contribution is 2.28. The lowest BCUT2D eigenvalue weighted by molar-refractivity contribution is 0.453. The quantitative estimate of drug-likeness (QED) is 0.864. The van der Waals surface area contributed by atoms with Gasteiger partial charge in [0.15, 0.2) is 5.13 Å². The Kier molecular flexibility index (Phi) is 3.08. The van der Waals surface area contributed by atoms with E-state index in [0.717, 1.165) is 6.42 Å². The van der Waals surface area contributed by atoms with Crippen molar-refractivity contribution in [2.75, 3.05) is 5.73 Å². The summed E-state index contributed by atoms with van der Waals surface area (Å²) in [5.74, 6) is 0.620. The average molecular weight is 241 g/mol. The molecular weight excluding hydrogens is 232 g/mol. The maximum Gasteiger partial charge on any atom is 0.202 e. The molecule has 0 spiro atoms. The molecule has 0 amide bonds. The fraction of sp³-hybridized carbons (Fsp3) is 0.100. The maximum absolute atomic E-state index is 6.02. The first kappa shape index (κ1) is 10.3. The summed E-state index contributed by atoms with van der Waals surface area (Å²) < 4.78 is 5.55. The monoisotopic (exact) mass is 240 g/mol. The number of ether oxygens (including phenoxy) is 1. The molecule has 0 unspecified atom stereocenters. The van der Waals surface area contributed by atoms with Gasteiger partial charge in [-0.05, 0) is 12.5 Å². The number of allylic oxidation sites excluding steroid dienone is 5. The van der Waals surface area contributed by atoms with Crippen molar-refractivity contribution in [3.8, 4) is 5.06 Å². The first-order valence-corrected chi connectivity index (χ1v) is 5.57. The average Bonchev–Trinajstić information content (AvgIpc) is 2.50. The number of nitrogen functional groups attached to an aromatic ring is 1. The molecule has 0 saturated carbocycles. The number of halogens is 1. The Labute approximate surface area is 96.5 Å². The van der Waals surface area contributed by atoms with Crippen LogP contribution in [0.5, 0.6) is 5.06 Å². The maximum atomic E-state index is 6.02. The Hall–Kier alpha value is -1.26. The molecule has 15 heavy (non-hydrogen) atoms. The van der Waals surface area contributed by atoms with Crippen LogP contribution in [0, 0.1) is 0 Å². The smallest absolute Gasteiger partial charge is 0.202 e. The first-order valence-electron chi connectivity index (χ1n) is 4.38. The number of aromatic nitrogens is 1. The molecule has 78 valence electrons. The number of anilines is 1. The zero-order chi connectivity index (χ0) is 10.7. The minimum absolute atomic E-state index is 0.481. The van der Waals surface area contributed by atoms with Gasteiger partial charge in [-0.1, -0.05) is 41.2 Å². The molecule has 1 aliphatic rings. The summed E-state index contributed by atoms with van der Waals surface area (Å²) in [4.78, 5) is 3.89. The predicted molar refractivity (Wildman–Crippen MR) is 62.9 cm³/mol. The third-order valence-electron chi connectivity index (χ3n) is 1.77. The van der Waals surface area contributed by atoms with Gasteiger partial charge in [0.1, 0.15) is 5.76 Å². The van der Waals surface area contributed by atoms with Gasteiger partial charge in [0.2, 0.25) is 5.06 Å². The van der Waals surface area contributed by atoms with Crippen LogP contribution in [0.2, 0.25) is 0 Å². The highest BCUT2D eigenvalue weighted by molar-refractivity contribution is 7.17. The molecular formula is C10H9ClN2OS. The van der Waals surface area contributed by atoms with Crippen molar-refractivity contribution < 1.29 is 4.74 Å². The molecule has 3 nitrogen and oxygen atoms in total. The zero-order valence-electron chi connectivity index (χ0n) is 7.81. The second kappa shape index (κ2) is 4.51. The normalized spacial score (nSPS) is 15.5. The van der Waals surface area contributed by atoms with Crippen LogP contribution in [-0.2, 0) is 0 Å². The van der Waals surface area contributed by atoms with Crippen molar-refractivity contribution in [3.05, 3.63) is 41.3 Å². The summed E-state index contributed by atoms with van der Waals surface area (Å²) in [6.45, 7) is 0. The van der Waals surface area contributed by atoms with Crippen molar-refractivity contribution in [2.24, 2.45) is 0 Å². The number of rotatable bonds is 2. The zero-order valence-corrected chi connectivity index (χ0v) is 9.39. The van der Waals surface area contributed by atoms with Gasteiger partial charge in [0.05, 0.1) is 11.2 Å². The van der Waals surface area contributed by atoms with E-state index in [0.29, 0.717) is 21.0 Å². The molecule has 2 rings (SSSR count). The number of nitrogens with zero attached hydrogens (tertiary/aromatic N) is 1. The lowest BCUT2D eigenvalue weighted by Gasteiger charge is -2.04. The number of hydrogen-bond donors (Lipinski definition) is 1. The Bertz CT molecular complexity index is 448. The first-order chi connectivity index (χ1) is 7.25. The van der Waals surface area contributed by atoms with Crippen LogP contribution in [0.3, 0.4) is 0 Å². The minimum Gasteiger partial charge on any atom is -0.443 e. The lowest BCUT2D eigenvalue weighted by Crippen LogP contribution is -1.93. The van der Waals surface area contributed by atoms with Crippen molar-refractivity contribution in [1.29, 1.82) is 0 Å². The van der Waals surface area contributed by atoms with E-state index in [4.69, 9.17) is 22.1 Å². The van der Waals surface area contributed by atoms with Gasteiger partial charge in [-0.25, -0.2) is 4.98 Å². The largest absolute Gasteiger partial charge is 0.443 e. The fourth-order valence-corrected chi connectivity index (χ4v) is 1.84. The van der Waals surface area contributed by atoms with E-state index in [2.05, 4.69) is 4.98 Å². The lowest BCUT2D eigenvalue weighted by atomic mass is 10.4. The second-order valence-corrected chi connectivity index (χ2v) is 4.30. The van der Waals surface area contributed by atoms with Gasteiger partial charge in [0, 0.05) is 0 Å².